The summed E-state index contributed by atoms with van der Waals surface area (Å²) in [6.07, 6.45) is 3.42. The van der Waals surface area contributed by atoms with Crippen molar-refractivity contribution in [1.29, 1.82) is 0 Å². The molecule has 0 radical (unpaired) electrons. The highest BCUT2D eigenvalue weighted by molar-refractivity contribution is 6.31. The van der Waals surface area contributed by atoms with Gasteiger partial charge in [0.2, 0.25) is 11.8 Å². The Hall–Kier alpha value is -1.59. The van der Waals surface area contributed by atoms with E-state index in [0.717, 1.165) is 43.6 Å². The van der Waals surface area contributed by atoms with Crippen molar-refractivity contribution >= 4 is 29.1 Å². The summed E-state index contributed by atoms with van der Waals surface area (Å²) in [4.78, 5) is 24.3. The normalized spacial score (nSPS) is 21.3. The Kier molecular flexibility index (Phi) is 5.11. The number of nitrogens with one attached hydrogen (secondary N) is 3. The summed E-state index contributed by atoms with van der Waals surface area (Å²) in [5.74, 6) is 0.120. The van der Waals surface area contributed by atoms with Gasteiger partial charge in [0.15, 0.2) is 0 Å². The van der Waals surface area contributed by atoms with Crippen molar-refractivity contribution in [3.8, 4) is 0 Å². The van der Waals surface area contributed by atoms with E-state index in [2.05, 4.69) is 16.0 Å². The molecule has 1 aromatic carbocycles. The van der Waals surface area contributed by atoms with Crippen molar-refractivity contribution in [3.63, 3.8) is 0 Å². The van der Waals surface area contributed by atoms with E-state index in [4.69, 9.17) is 11.6 Å². The fourth-order valence-electron chi connectivity index (χ4n) is 3.57. The van der Waals surface area contributed by atoms with Crippen LogP contribution in [-0.2, 0) is 9.59 Å². The van der Waals surface area contributed by atoms with Crippen LogP contribution in [0.2, 0.25) is 5.02 Å². The van der Waals surface area contributed by atoms with E-state index in [-0.39, 0.29) is 29.6 Å². The van der Waals surface area contributed by atoms with Gasteiger partial charge >= 0.3 is 0 Å². The molecule has 1 aliphatic carbocycles. The number of anilines is 1. The molecule has 1 heterocycles. The van der Waals surface area contributed by atoms with Gasteiger partial charge in [0.25, 0.3) is 0 Å². The summed E-state index contributed by atoms with van der Waals surface area (Å²) in [5.41, 5.74) is 1.80. The summed E-state index contributed by atoms with van der Waals surface area (Å²) in [6.45, 7) is 4.25. The van der Waals surface area contributed by atoms with Gasteiger partial charge in [-0.2, -0.15) is 0 Å². The smallest absolute Gasteiger partial charge is 0.226 e. The van der Waals surface area contributed by atoms with E-state index in [9.17, 15) is 9.59 Å². The second-order valence-corrected chi connectivity index (χ2v) is 7.28. The molecular weight excluding hydrogens is 326 g/mol. The Morgan fingerprint density at radius 1 is 1.33 bits per heavy atom. The summed E-state index contributed by atoms with van der Waals surface area (Å²) in [7, 11) is 0. The third kappa shape index (κ3) is 3.73. The van der Waals surface area contributed by atoms with Gasteiger partial charge in [-0.1, -0.05) is 17.7 Å². The third-order valence-corrected chi connectivity index (χ3v) is 5.71. The van der Waals surface area contributed by atoms with E-state index in [0.29, 0.717) is 11.6 Å². The van der Waals surface area contributed by atoms with Crippen LogP contribution in [0.4, 0.5) is 5.69 Å². The molecule has 3 N–H and O–H groups in total. The van der Waals surface area contributed by atoms with Gasteiger partial charge in [-0.3, -0.25) is 9.59 Å². The van der Waals surface area contributed by atoms with E-state index < -0.39 is 0 Å². The van der Waals surface area contributed by atoms with Crippen molar-refractivity contribution in [1.82, 2.24) is 10.6 Å². The van der Waals surface area contributed by atoms with E-state index in [1.807, 2.05) is 13.0 Å². The predicted molar refractivity (Wildman–Crippen MR) is 95.1 cm³/mol. The zero-order valence-corrected chi connectivity index (χ0v) is 14.7. The van der Waals surface area contributed by atoms with Crippen molar-refractivity contribution in [3.05, 3.63) is 28.8 Å². The Balaban J connectivity index is 1.41. The average Bonchev–Trinajstić information content (AvgIpc) is 3.25. The molecule has 130 valence electrons. The second-order valence-electron chi connectivity index (χ2n) is 6.87. The fraction of sp³-hybridized carbons (Fsp3) is 0.556. The summed E-state index contributed by atoms with van der Waals surface area (Å²) < 4.78 is 0. The van der Waals surface area contributed by atoms with E-state index in [1.54, 1.807) is 12.1 Å². The first-order valence-electron chi connectivity index (χ1n) is 8.55. The number of halogens is 1. The zero-order chi connectivity index (χ0) is 17.2. The lowest BCUT2D eigenvalue weighted by Gasteiger charge is -2.23. The fourth-order valence-corrected chi connectivity index (χ4v) is 3.75. The molecule has 1 atom stereocenters. The van der Waals surface area contributed by atoms with Crippen LogP contribution < -0.4 is 16.0 Å². The maximum absolute atomic E-state index is 12.2. The van der Waals surface area contributed by atoms with Gasteiger partial charge < -0.3 is 16.0 Å². The lowest BCUT2D eigenvalue weighted by molar-refractivity contribution is -0.123. The van der Waals surface area contributed by atoms with Crippen LogP contribution in [0.5, 0.6) is 0 Å². The Morgan fingerprint density at radius 3 is 2.83 bits per heavy atom. The van der Waals surface area contributed by atoms with Crippen LogP contribution in [-0.4, -0.2) is 31.4 Å². The van der Waals surface area contributed by atoms with Crippen molar-refractivity contribution in [2.45, 2.75) is 32.6 Å². The predicted octanol–water partition coefficient (Wildman–Crippen LogP) is 2.48. The first-order chi connectivity index (χ1) is 11.5. The largest absolute Gasteiger partial charge is 0.355 e. The first kappa shape index (κ1) is 17.2. The highest BCUT2D eigenvalue weighted by Crippen LogP contribution is 2.58. The van der Waals surface area contributed by atoms with E-state index >= 15 is 0 Å². The molecule has 1 aliphatic heterocycles. The highest BCUT2D eigenvalue weighted by Gasteiger charge is 2.57. The molecule has 0 aromatic heterocycles. The maximum atomic E-state index is 12.2. The minimum Gasteiger partial charge on any atom is -0.355 e. The molecule has 1 aromatic rings. The highest BCUT2D eigenvalue weighted by atomic mass is 35.5. The number of amides is 2. The Morgan fingerprint density at radius 2 is 2.08 bits per heavy atom. The summed E-state index contributed by atoms with van der Waals surface area (Å²) >= 11 is 6.04. The molecule has 1 unspecified atom stereocenters. The quantitative estimate of drug-likeness (QED) is 0.764. The third-order valence-electron chi connectivity index (χ3n) is 5.30. The number of carbonyl (C=O) groups excluding carboxylic acids is 2. The maximum Gasteiger partial charge on any atom is 0.226 e. The molecule has 0 bridgehead atoms. The zero-order valence-electron chi connectivity index (χ0n) is 14.0. The van der Waals surface area contributed by atoms with Crippen LogP contribution in [0, 0.1) is 18.3 Å². The van der Waals surface area contributed by atoms with Crippen LogP contribution in [0.1, 0.15) is 31.2 Å². The van der Waals surface area contributed by atoms with Crippen LogP contribution in [0.3, 0.4) is 0 Å². The van der Waals surface area contributed by atoms with Crippen LogP contribution in [0.25, 0.3) is 0 Å². The molecule has 2 amide bonds. The van der Waals surface area contributed by atoms with Gasteiger partial charge in [0, 0.05) is 29.6 Å². The number of carbonyl (C=O) groups is 2. The number of hydrogen-bond acceptors (Lipinski definition) is 3. The molecule has 2 fully saturated rings. The molecule has 5 nitrogen and oxygen atoms in total. The van der Waals surface area contributed by atoms with Gasteiger partial charge in [-0.15, -0.1) is 0 Å². The molecule has 2 aliphatic rings. The lowest BCUT2D eigenvalue weighted by atomic mass is 9.92. The van der Waals surface area contributed by atoms with Gasteiger partial charge in [0.1, 0.15) is 0 Å². The van der Waals surface area contributed by atoms with Crippen LogP contribution >= 0.6 is 11.6 Å². The molecule has 24 heavy (non-hydrogen) atoms. The Bertz CT molecular complexity index is 641. The van der Waals surface area contributed by atoms with Crippen molar-refractivity contribution in [2.24, 2.45) is 11.3 Å². The van der Waals surface area contributed by atoms with Crippen molar-refractivity contribution in [2.75, 3.05) is 25.0 Å². The van der Waals surface area contributed by atoms with Crippen molar-refractivity contribution < 1.29 is 9.59 Å². The number of hydrogen-bond donors (Lipinski definition) is 3. The molecule has 1 saturated carbocycles. The van der Waals surface area contributed by atoms with Gasteiger partial charge in [-0.25, -0.2) is 0 Å². The standard InChI is InChI=1S/C18H24ClN3O2/c1-12-14(19)3-2-4-15(12)22-16(23)5-8-21-17(24)13-11-18(13)6-9-20-10-7-18/h2-4,13,20H,5-11H2,1H3,(H,21,24)(H,22,23). The summed E-state index contributed by atoms with van der Waals surface area (Å²) in [6, 6.07) is 5.42. The molecular formula is C18H24ClN3O2. The SMILES string of the molecule is Cc1c(Cl)cccc1NC(=O)CCNC(=O)C1CC12CCNCC2. The minimum absolute atomic E-state index is 0.101. The second kappa shape index (κ2) is 7.11. The number of benzene rings is 1. The lowest BCUT2D eigenvalue weighted by Crippen LogP contribution is -2.34. The minimum atomic E-state index is -0.118. The number of rotatable bonds is 5. The van der Waals surface area contributed by atoms with Gasteiger partial charge in [-0.05, 0) is 62.4 Å². The molecule has 1 saturated heterocycles. The topological polar surface area (TPSA) is 70.2 Å². The molecule has 1 spiro atoms. The average molecular weight is 350 g/mol. The monoisotopic (exact) mass is 349 g/mol. The van der Waals surface area contributed by atoms with E-state index in [1.165, 1.54) is 0 Å². The first-order valence-corrected chi connectivity index (χ1v) is 8.93. The van der Waals surface area contributed by atoms with Gasteiger partial charge in [0.05, 0.1) is 0 Å². The molecule has 3 rings (SSSR count). The molecule has 6 heteroatoms. The Labute approximate surface area is 147 Å². The summed E-state index contributed by atoms with van der Waals surface area (Å²) in [5, 5.41) is 9.72. The number of piperidine rings is 1. The van der Waals surface area contributed by atoms with Crippen LogP contribution in [0.15, 0.2) is 18.2 Å².